The van der Waals surface area contributed by atoms with E-state index in [0.29, 0.717) is 12.3 Å². The van der Waals surface area contributed by atoms with Crippen molar-refractivity contribution in [2.75, 3.05) is 12.8 Å². The maximum absolute atomic E-state index is 12.6. The Morgan fingerprint density at radius 3 is 1.18 bits per heavy atom. The minimum atomic E-state index is -2.43. The summed E-state index contributed by atoms with van der Waals surface area (Å²) in [5.41, 5.74) is 2.82. The van der Waals surface area contributed by atoms with Crippen LogP contribution in [0.1, 0.15) is 29.5 Å². The summed E-state index contributed by atoms with van der Waals surface area (Å²) in [5, 5.41) is 18.4. The van der Waals surface area contributed by atoms with E-state index in [-0.39, 0.29) is 11.8 Å². The van der Waals surface area contributed by atoms with Crippen LogP contribution in [0, 0.1) is 11.8 Å². The van der Waals surface area contributed by atoms with Crippen LogP contribution in [0.3, 0.4) is 0 Å². The molecule has 0 aromatic heterocycles. The predicted molar refractivity (Wildman–Crippen MR) is 254 cm³/mol. The first-order valence-corrected chi connectivity index (χ1v) is 25.9. The van der Waals surface area contributed by atoms with Crippen LogP contribution >= 0.6 is 14.3 Å². The zero-order valence-corrected chi connectivity index (χ0v) is 35.2. The summed E-state index contributed by atoms with van der Waals surface area (Å²) in [6.45, 7) is 0.507. The molecule has 0 heterocycles. The average molecular weight is 783 g/mol. The van der Waals surface area contributed by atoms with Gasteiger partial charge in [-0.3, -0.25) is 0 Å². The molecule has 0 amide bonds. The molecule has 4 atom stereocenters. The summed E-state index contributed by atoms with van der Waals surface area (Å²) < 4.78 is 7.45. The number of benzene rings is 7. The van der Waals surface area contributed by atoms with E-state index < -0.39 is 26.0 Å². The Labute approximate surface area is 342 Å². The zero-order chi connectivity index (χ0) is 39.1. The molecule has 0 radical (unpaired) electrons. The number of hydrogen-bond acceptors (Lipinski definition) is 2. The van der Waals surface area contributed by atoms with Gasteiger partial charge in [0.2, 0.25) is 0 Å². The molecule has 0 saturated heterocycles. The second-order valence-electron chi connectivity index (χ2n) is 16.4. The Morgan fingerprint density at radius 2 is 0.807 bits per heavy atom. The molecule has 0 spiro atoms. The number of rotatable bonds is 14. The van der Waals surface area contributed by atoms with Crippen molar-refractivity contribution in [2.45, 2.75) is 30.2 Å². The molecule has 7 aromatic carbocycles. The molecular weight excluding hydrogens is 728 g/mol. The molecule has 1 N–H and O–H groups in total. The Bertz CT molecular complexity index is 2110. The molecule has 8 rings (SSSR count). The Balaban J connectivity index is 1.24. The van der Waals surface area contributed by atoms with Crippen LogP contribution in [0.15, 0.2) is 212 Å². The van der Waals surface area contributed by atoms with Gasteiger partial charge in [0, 0.05) is 0 Å². The van der Waals surface area contributed by atoms with Crippen LogP contribution in [0.5, 0.6) is 0 Å². The summed E-state index contributed by atoms with van der Waals surface area (Å²) in [5.74, 6) is 0.339. The van der Waals surface area contributed by atoms with Gasteiger partial charge in [-0.05, 0) is 0 Å². The molecule has 0 aliphatic heterocycles. The molecule has 0 unspecified atom stereocenters. The third-order valence-corrected chi connectivity index (χ3v) is 23.0. The molecule has 6 heteroatoms. The van der Waals surface area contributed by atoms with Crippen LogP contribution in [0.2, 0.25) is 0 Å². The molecule has 1 aliphatic carbocycles. The Kier molecular flexibility index (Phi) is 12.1. The minimum absolute atomic E-state index is 0.0634. The van der Waals surface area contributed by atoms with Gasteiger partial charge in [-0.15, -0.1) is 0 Å². The number of aliphatic hydroxyl groups excluding tert-OH is 1. The van der Waals surface area contributed by atoms with Gasteiger partial charge in [-0.2, -0.15) is 0 Å². The summed E-state index contributed by atoms with van der Waals surface area (Å²) in [6, 6.07) is 77.1. The fraction of sp³-hybridized carbons (Fsp3) is 0.176. The molecule has 7 aromatic rings. The van der Waals surface area contributed by atoms with Gasteiger partial charge in [0.1, 0.15) is 0 Å². The van der Waals surface area contributed by atoms with Gasteiger partial charge < -0.3 is 0 Å². The Morgan fingerprint density at radius 1 is 0.474 bits per heavy atom. The third kappa shape index (κ3) is 7.75. The van der Waals surface area contributed by atoms with Crippen LogP contribution < -0.4 is 21.2 Å². The van der Waals surface area contributed by atoms with E-state index in [1.165, 1.54) is 21.2 Å². The number of ether oxygens (including phenoxy) is 1. The van der Waals surface area contributed by atoms with E-state index in [1.54, 1.807) is 0 Å². The predicted octanol–water partition coefficient (Wildman–Crippen LogP) is 7.65. The van der Waals surface area contributed by atoms with E-state index in [9.17, 15) is 5.11 Å². The molecule has 0 bridgehead atoms. The average Bonchev–Trinajstić information content (AvgIpc) is 3.60. The SMILES string of the molecule is B[PH](C[C@@H]1[C@@H](CCOC(c2ccccc2)(c2ccccc2)c2ccccc2)[C@@H](O)C[C@@H]1[PH](B)(c1ccccc1)c1ccccc1)(c1ccccc1)c1ccccc1. The second kappa shape index (κ2) is 17.5. The van der Waals surface area contributed by atoms with Crippen LogP contribution in [-0.2, 0) is 10.3 Å². The fourth-order valence-electron chi connectivity index (χ4n) is 10.3. The molecule has 57 heavy (non-hydrogen) atoms. The molecule has 286 valence electrons. The van der Waals surface area contributed by atoms with E-state index >= 15 is 0 Å². The third-order valence-electron chi connectivity index (χ3n) is 13.3. The zero-order valence-electron chi connectivity index (χ0n) is 33.2. The standard InChI is InChI=1S/C51H54B2O2P2/c52-56(43-28-14-4-15-29-43,44-30-16-5-17-31-44)39-48-47(49(54)38-50(48)57(53,45-32-18-6-19-33-45)46-34-20-7-21-35-46)36-37-55-51(40-22-8-1-9-23-40,41-24-10-2-11-25-41)42-26-12-3-13-27-42/h1-35,47-50,54,56-57H,36-39,52-53H2/t47-,48-,49+,50+/m1/s1. The Hall–Kier alpha value is -4.55. The monoisotopic (exact) mass is 782 g/mol. The molecular formula is C51H54B2O2P2. The quantitative estimate of drug-likeness (QED) is 0.0699. The van der Waals surface area contributed by atoms with Crippen molar-refractivity contribution in [1.82, 2.24) is 0 Å². The topological polar surface area (TPSA) is 29.5 Å². The van der Waals surface area contributed by atoms with Crippen molar-refractivity contribution in [3.63, 3.8) is 0 Å². The van der Waals surface area contributed by atoms with Gasteiger partial charge in [0.15, 0.2) is 0 Å². The van der Waals surface area contributed by atoms with Gasteiger partial charge in [0.25, 0.3) is 0 Å². The first-order valence-electron chi connectivity index (χ1n) is 20.7. The fourth-order valence-corrected chi connectivity index (χ4v) is 19.6. The van der Waals surface area contributed by atoms with Gasteiger partial charge in [-0.1, -0.05) is 0 Å². The first-order chi connectivity index (χ1) is 27.9. The van der Waals surface area contributed by atoms with Crippen molar-refractivity contribution < 1.29 is 9.84 Å². The summed E-state index contributed by atoms with van der Waals surface area (Å²) >= 11 is 0. The van der Waals surface area contributed by atoms with E-state index in [1.807, 2.05) is 0 Å². The summed E-state index contributed by atoms with van der Waals surface area (Å²) in [7, 11) is 0.398. The van der Waals surface area contributed by atoms with Gasteiger partial charge in [0.05, 0.1) is 0 Å². The van der Waals surface area contributed by atoms with Crippen molar-refractivity contribution >= 4 is 50.6 Å². The van der Waals surface area contributed by atoms with Crippen molar-refractivity contribution in [3.8, 4) is 0 Å². The molecule has 1 fully saturated rings. The normalized spacial score (nSPS) is 19.2. The van der Waals surface area contributed by atoms with E-state index in [0.717, 1.165) is 35.7 Å². The van der Waals surface area contributed by atoms with Crippen molar-refractivity contribution in [2.24, 2.45) is 11.8 Å². The van der Waals surface area contributed by atoms with Crippen molar-refractivity contribution in [1.29, 1.82) is 0 Å². The number of aliphatic hydroxyl groups is 1. The number of hydrogen-bond donors (Lipinski definition) is 1. The van der Waals surface area contributed by atoms with Crippen molar-refractivity contribution in [3.05, 3.63) is 229 Å². The van der Waals surface area contributed by atoms with Crippen LogP contribution in [0.4, 0.5) is 0 Å². The first kappa shape index (κ1) is 39.3. The summed E-state index contributed by atoms with van der Waals surface area (Å²) in [6.07, 6.45) is 2.17. The summed E-state index contributed by atoms with van der Waals surface area (Å²) in [4.78, 5) is 0. The van der Waals surface area contributed by atoms with Gasteiger partial charge >= 0.3 is 344 Å². The second-order valence-corrected chi connectivity index (χ2v) is 24.9. The van der Waals surface area contributed by atoms with Gasteiger partial charge in [-0.25, -0.2) is 0 Å². The molecule has 2 nitrogen and oxygen atoms in total. The van der Waals surface area contributed by atoms with Crippen LogP contribution in [-0.4, -0.2) is 44.8 Å². The molecule has 1 saturated carbocycles. The van der Waals surface area contributed by atoms with E-state index in [4.69, 9.17) is 4.74 Å². The van der Waals surface area contributed by atoms with E-state index in [2.05, 4.69) is 227 Å². The molecule has 1 aliphatic rings. The maximum atomic E-state index is 12.6. The van der Waals surface area contributed by atoms with Crippen LogP contribution in [0.25, 0.3) is 0 Å².